The number of hydrogen-bond donors (Lipinski definition) is 0. The van der Waals surface area contributed by atoms with E-state index in [0.717, 1.165) is 0 Å². The van der Waals surface area contributed by atoms with Crippen LogP contribution in [-0.4, -0.2) is 23.1 Å². The second-order valence-corrected chi connectivity index (χ2v) is 12.9. The van der Waals surface area contributed by atoms with Crippen molar-refractivity contribution in [3.63, 3.8) is 0 Å². The molecule has 0 amide bonds. The Morgan fingerprint density at radius 2 is 0.436 bits per heavy atom. The van der Waals surface area contributed by atoms with Gasteiger partial charge in [0, 0.05) is 0 Å². The molecule has 55 heavy (non-hydrogen) atoms. The standard InChI is InChI=1S/C14H14.C13H12.C12H10.C7H8.C7H7.BrH.Mg/c1-11-3-7-13(8-4-11)14-9-5-12(2)6-10-14;1-11-7-9-13(10-8-11)12-5-3-2-4-6-12;1-3-7-11(8-4-1)12-9-5-2-6-10-12;2*1-7-5-3-2-4-6-7;;/h3-10H,1-2H3;2-10H,1H3;1-10H;2-6H,1H3;3-6H,1H3;1H;/q;;;;-1;;+2/p-1. The van der Waals surface area contributed by atoms with E-state index in [-0.39, 0.29) is 40.0 Å². The van der Waals surface area contributed by atoms with Crippen LogP contribution in [-0.2, 0) is 0 Å². The Morgan fingerprint density at radius 3 is 0.636 bits per heavy atom. The van der Waals surface area contributed by atoms with Gasteiger partial charge in [0.25, 0.3) is 0 Å². The maximum atomic E-state index is 2.93. The molecule has 272 valence electrons. The van der Waals surface area contributed by atoms with Gasteiger partial charge in [0.15, 0.2) is 0 Å². The van der Waals surface area contributed by atoms with E-state index in [0.29, 0.717) is 0 Å². The van der Waals surface area contributed by atoms with Crippen LogP contribution >= 0.6 is 0 Å². The summed E-state index contributed by atoms with van der Waals surface area (Å²) in [5.74, 6) is 0. The molecular weight excluding hydrogens is 741 g/mol. The zero-order chi connectivity index (χ0) is 37.5. The fourth-order valence-electron chi connectivity index (χ4n) is 5.13. The van der Waals surface area contributed by atoms with E-state index in [1.165, 1.54) is 61.2 Å². The van der Waals surface area contributed by atoms with Gasteiger partial charge in [0.1, 0.15) is 0 Å². The molecule has 0 N–H and O–H groups in total. The summed E-state index contributed by atoms with van der Waals surface area (Å²) in [7, 11) is 0. The van der Waals surface area contributed by atoms with Gasteiger partial charge in [-0.05, 0) is 61.1 Å². The molecule has 0 heterocycles. The molecular formula is C53H51BrMg. The van der Waals surface area contributed by atoms with Crippen molar-refractivity contribution in [2.45, 2.75) is 34.6 Å². The predicted octanol–water partition coefficient (Wildman–Crippen LogP) is 11.4. The van der Waals surface area contributed by atoms with Gasteiger partial charge in [-0.1, -0.05) is 223 Å². The molecule has 8 rings (SSSR count). The van der Waals surface area contributed by atoms with E-state index < -0.39 is 0 Å². The summed E-state index contributed by atoms with van der Waals surface area (Å²) in [5.41, 5.74) is 14.2. The van der Waals surface area contributed by atoms with Crippen molar-refractivity contribution >= 4 is 23.1 Å². The Labute approximate surface area is 357 Å². The average molecular weight is 792 g/mol. The van der Waals surface area contributed by atoms with Gasteiger partial charge in [-0.25, -0.2) is 0 Å². The summed E-state index contributed by atoms with van der Waals surface area (Å²) >= 11 is 0. The van der Waals surface area contributed by atoms with Crippen molar-refractivity contribution in [1.29, 1.82) is 0 Å². The van der Waals surface area contributed by atoms with Crippen molar-refractivity contribution in [2.24, 2.45) is 0 Å². The van der Waals surface area contributed by atoms with E-state index in [4.69, 9.17) is 0 Å². The van der Waals surface area contributed by atoms with Crippen molar-refractivity contribution in [3.05, 3.63) is 252 Å². The van der Waals surface area contributed by atoms with Crippen molar-refractivity contribution in [3.8, 4) is 33.4 Å². The van der Waals surface area contributed by atoms with E-state index >= 15 is 0 Å². The average Bonchev–Trinajstić information content (AvgIpc) is 3.21. The molecule has 0 aliphatic carbocycles. The fourth-order valence-corrected chi connectivity index (χ4v) is 5.13. The minimum absolute atomic E-state index is 0. The third-order valence-corrected chi connectivity index (χ3v) is 8.30. The maximum absolute atomic E-state index is 2.93. The van der Waals surface area contributed by atoms with E-state index in [9.17, 15) is 0 Å². The van der Waals surface area contributed by atoms with Crippen LogP contribution in [0.15, 0.2) is 218 Å². The van der Waals surface area contributed by atoms with Gasteiger partial charge < -0.3 is 17.0 Å². The normalized spacial score (nSPS) is 9.25. The molecule has 8 aromatic rings. The number of hydrogen-bond acceptors (Lipinski definition) is 0. The van der Waals surface area contributed by atoms with Gasteiger partial charge in [-0.2, -0.15) is 35.9 Å². The minimum Gasteiger partial charge on any atom is -1.00 e. The largest absolute Gasteiger partial charge is 2.00 e. The molecule has 0 saturated heterocycles. The van der Waals surface area contributed by atoms with Crippen molar-refractivity contribution in [1.82, 2.24) is 0 Å². The summed E-state index contributed by atoms with van der Waals surface area (Å²) in [6.07, 6.45) is 0. The van der Waals surface area contributed by atoms with Gasteiger partial charge in [-0.3, -0.25) is 0 Å². The first-order valence-corrected chi connectivity index (χ1v) is 18.2. The van der Waals surface area contributed by atoms with Crippen LogP contribution in [0.25, 0.3) is 33.4 Å². The monoisotopic (exact) mass is 790 g/mol. The summed E-state index contributed by atoms with van der Waals surface area (Å²) in [5, 5.41) is 0. The molecule has 0 unspecified atom stereocenters. The molecule has 0 bridgehead atoms. The van der Waals surface area contributed by atoms with Gasteiger partial charge in [0.05, 0.1) is 0 Å². The first kappa shape index (κ1) is 46.2. The van der Waals surface area contributed by atoms with Crippen LogP contribution in [0.2, 0.25) is 0 Å². The Morgan fingerprint density at radius 1 is 0.236 bits per heavy atom. The summed E-state index contributed by atoms with van der Waals surface area (Å²) in [6.45, 7) is 10.5. The Hall–Kier alpha value is -4.99. The van der Waals surface area contributed by atoms with Crippen LogP contribution in [0, 0.1) is 40.7 Å². The summed E-state index contributed by atoms with van der Waals surface area (Å²) in [6, 6.07) is 78.1. The molecule has 0 nitrogen and oxygen atoms in total. The Kier molecular flexibility index (Phi) is 22.4. The molecule has 0 radical (unpaired) electrons. The van der Waals surface area contributed by atoms with Crippen LogP contribution in [0.1, 0.15) is 27.8 Å². The van der Waals surface area contributed by atoms with Crippen LogP contribution in [0.4, 0.5) is 0 Å². The van der Waals surface area contributed by atoms with E-state index in [1.807, 2.05) is 60.7 Å². The SMILES string of the molecule is Cc1cc[c-]cc1.Cc1ccc(-c2ccc(C)cc2)cc1.Cc1ccc(-c2ccccc2)cc1.Cc1ccccc1.[Br-].[Mg+2].c1ccc(-c2ccccc2)cc1. The zero-order valence-electron chi connectivity index (χ0n) is 32.9. The number of rotatable bonds is 3. The number of halogens is 1. The summed E-state index contributed by atoms with van der Waals surface area (Å²) < 4.78 is 0. The first-order valence-electron chi connectivity index (χ1n) is 18.2. The molecule has 0 fully saturated rings. The minimum atomic E-state index is 0. The fraction of sp³-hybridized carbons (Fsp3) is 0.0943. The predicted molar refractivity (Wildman–Crippen MR) is 237 cm³/mol. The second kappa shape index (κ2) is 26.7. The first-order chi connectivity index (χ1) is 25.9. The van der Waals surface area contributed by atoms with Crippen molar-refractivity contribution < 1.29 is 17.0 Å². The van der Waals surface area contributed by atoms with Crippen molar-refractivity contribution in [2.75, 3.05) is 0 Å². The van der Waals surface area contributed by atoms with Gasteiger partial charge >= 0.3 is 23.1 Å². The molecule has 0 saturated carbocycles. The number of benzene rings is 8. The molecule has 0 spiro atoms. The number of aryl methyl sites for hydroxylation is 5. The molecule has 0 aliphatic rings. The quantitative estimate of drug-likeness (QED) is 0.123. The van der Waals surface area contributed by atoms with E-state index in [1.54, 1.807) is 0 Å². The molecule has 0 aromatic heterocycles. The second-order valence-electron chi connectivity index (χ2n) is 12.9. The zero-order valence-corrected chi connectivity index (χ0v) is 35.9. The van der Waals surface area contributed by atoms with Crippen LogP contribution in [0.5, 0.6) is 0 Å². The molecule has 2 heteroatoms. The van der Waals surface area contributed by atoms with Gasteiger partial charge in [-0.15, -0.1) is 0 Å². The molecule has 0 aliphatic heterocycles. The molecule has 8 aromatic carbocycles. The third-order valence-electron chi connectivity index (χ3n) is 8.30. The molecule has 0 atom stereocenters. The smallest absolute Gasteiger partial charge is 1.00 e. The van der Waals surface area contributed by atoms with E-state index in [2.05, 4.69) is 198 Å². The maximum Gasteiger partial charge on any atom is 2.00 e. The Bertz CT molecular complexity index is 1980. The third kappa shape index (κ3) is 18.3. The van der Waals surface area contributed by atoms with Crippen LogP contribution < -0.4 is 17.0 Å². The van der Waals surface area contributed by atoms with Gasteiger partial charge in [0.2, 0.25) is 0 Å². The summed E-state index contributed by atoms with van der Waals surface area (Å²) in [4.78, 5) is 0. The Balaban J connectivity index is 0.000000241. The van der Waals surface area contributed by atoms with Crippen LogP contribution in [0.3, 0.4) is 0 Å². The topological polar surface area (TPSA) is 0 Å².